The second kappa shape index (κ2) is 14.7. The van der Waals surface area contributed by atoms with Gasteiger partial charge >= 0.3 is 0 Å². The fraction of sp³-hybridized carbons (Fsp3) is 0.294. The fourth-order valence-corrected chi connectivity index (χ4v) is 4.70. The molecule has 2 unspecified atom stereocenters. The topological polar surface area (TPSA) is 46.2 Å². The minimum absolute atomic E-state index is 0.292. The summed E-state index contributed by atoms with van der Waals surface area (Å²) in [7, 11) is 0. The van der Waals surface area contributed by atoms with E-state index in [9.17, 15) is 0 Å². The maximum Gasteiger partial charge on any atom is 0.115 e. The third kappa shape index (κ3) is 8.33. The summed E-state index contributed by atoms with van der Waals surface area (Å²) < 4.78 is 32.0. The quantitative estimate of drug-likeness (QED) is 0.204. The average Bonchev–Trinajstić information content (AvgIpc) is 3.00. The number of benzene rings is 4. The standard InChI is InChI=1S/C34H36O5/c1-5-13-27(14-6-1)21-35-25-31-33(38-23-29-17-9-3-10-18-29)34(39-24-30-19-11-4-12-20-30)32(26-37-31)36-22-28-15-7-2-8-16-28/h1-20,31-34H,21-26H2/t31?,32?,33-,34+/m1/s1. The van der Waals surface area contributed by atoms with E-state index in [0.29, 0.717) is 39.6 Å². The first-order valence-corrected chi connectivity index (χ1v) is 13.5. The van der Waals surface area contributed by atoms with Crippen molar-refractivity contribution in [2.75, 3.05) is 13.2 Å². The Kier molecular flexibility index (Phi) is 10.3. The zero-order chi connectivity index (χ0) is 26.5. The molecular weight excluding hydrogens is 488 g/mol. The van der Waals surface area contributed by atoms with Gasteiger partial charge in [0.25, 0.3) is 0 Å². The Balaban J connectivity index is 1.32. The molecule has 4 atom stereocenters. The molecule has 1 heterocycles. The highest BCUT2D eigenvalue weighted by atomic mass is 16.6. The smallest absolute Gasteiger partial charge is 0.115 e. The van der Waals surface area contributed by atoms with Crippen LogP contribution in [0.5, 0.6) is 0 Å². The van der Waals surface area contributed by atoms with E-state index in [0.717, 1.165) is 22.3 Å². The van der Waals surface area contributed by atoms with E-state index >= 15 is 0 Å². The van der Waals surface area contributed by atoms with Gasteiger partial charge in [-0.25, -0.2) is 0 Å². The van der Waals surface area contributed by atoms with Crippen molar-refractivity contribution < 1.29 is 23.7 Å². The minimum atomic E-state index is -0.376. The zero-order valence-electron chi connectivity index (χ0n) is 22.1. The first-order valence-electron chi connectivity index (χ1n) is 13.5. The molecule has 4 aromatic carbocycles. The predicted octanol–water partition coefficient (Wildman–Crippen LogP) is 6.36. The van der Waals surface area contributed by atoms with Crippen LogP contribution in [0, 0.1) is 0 Å². The number of hydrogen-bond acceptors (Lipinski definition) is 5. The van der Waals surface area contributed by atoms with Crippen LogP contribution in [0.15, 0.2) is 121 Å². The Labute approximate surface area is 231 Å². The number of rotatable bonds is 13. The van der Waals surface area contributed by atoms with E-state index in [1.807, 2.05) is 72.8 Å². The van der Waals surface area contributed by atoms with Gasteiger partial charge in [0.1, 0.15) is 24.4 Å². The van der Waals surface area contributed by atoms with Crippen LogP contribution in [0.2, 0.25) is 0 Å². The monoisotopic (exact) mass is 524 g/mol. The maximum absolute atomic E-state index is 6.58. The number of ether oxygens (including phenoxy) is 5. The van der Waals surface area contributed by atoms with E-state index in [2.05, 4.69) is 48.5 Å². The van der Waals surface area contributed by atoms with Gasteiger partial charge in [-0.15, -0.1) is 0 Å². The van der Waals surface area contributed by atoms with E-state index in [1.54, 1.807) is 0 Å². The van der Waals surface area contributed by atoms with Gasteiger partial charge in [0.05, 0.1) is 39.6 Å². The molecule has 0 aromatic heterocycles. The van der Waals surface area contributed by atoms with Gasteiger partial charge in [0.15, 0.2) is 0 Å². The summed E-state index contributed by atoms with van der Waals surface area (Å²) in [5.41, 5.74) is 4.42. The molecule has 202 valence electrons. The lowest BCUT2D eigenvalue weighted by Crippen LogP contribution is -2.57. The summed E-state index contributed by atoms with van der Waals surface area (Å²) in [5, 5.41) is 0. The Bertz CT molecular complexity index is 1200. The largest absolute Gasteiger partial charge is 0.374 e. The third-order valence-electron chi connectivity index (χ3n) is 6.80. The lowest BCUT2D eigenvalue weighted by Gasteiger charge is -2.42. The van der Waals surface area contributed by atoms with Crippen molar-refractivity contribution in [1.29, 1.82) is 0 Å². The Morgan fingerprint density at radius 3 is 1.38 bits per heavy atom. The molecule has 0 amide bonds. The van der Waals surface area contributed by atoms with Crippen molar-refractivity contribution in [2.24, 2.45) is 0 Å². The highest BCUT2D eigenvalue weighted by molar-refractivity contribution is 5.16. The fourth-order valence-electron chi connectivity index (χ4n) is 4.70. The van der Waals surface area contributed by atoms with Crippen LogP contribution in [0.25, 0.3) is 0 Å². The van der Waals surface area contributed by atoms with Crippen molar-refractivity contribution >= 4 is 0 Å². The summed E-state index contributed by atoms with van der Waals surface area (Å²) in [4.78, 5) is 0. The lowest BCUT2D eigenvalue weighted by atomic mass is 9.99. The molecule has 4 aromatic rings. The van der Waals surface area contributed by atoms with Crippen LogP contribution in [0.4, 0.5) is 0 Å². The van der Waals surface area contributed by atoms with Gasteiger partial charge in [-0.1, -0.05) is 121 Å². The van der Waals surface area contributed by atoms with E-state index < -0.39 is 0 Å². The summed E-state index contributed by atoms with van der Waals surface area (Å²) in [5.74, 6) is 0. The zero-order valence-corrected chi connectivity index (χ0v) is 22.1. The average molecular weight is 525 g/mol. The van der Waals surface area contributed by atoms with E-state index in [4.69, 9.17) is 23.7 Å². The second-order valence-electron chi connectivity index (χ2n) is 9.73. The van der Waals surface area contributed by atoms with Crippen LogP contribution in [-0.4, -0.2) is 37.6 Å². The van der Waals surface area contributed by atoms with Gasteiger partial charge in [0, 0.05) is 0 Å². The molecule has 5 rings (SSSR count). The number of hydrogen-bond donors (Lipinski definition) is 0. The molecule has 5 heteroatoms. The summed E-state index contributed by atoms with van der Waals surface area (Å²) in [6.07, 6.45) is -1.30. The Morgan fingerprint density at radius 2 is 0.897 bits per heavy atom. The van der Waals surface area contributed by atoms with Crippen LogP contribution in [0.1, 0.15) is 22.3 Å². The summed E-state index contributed by atoms with van der Waals surface area (Å²) in [6.45, 7) is 2.68. The minimum Gasteiger partial charge on any atom is -0.374 e. The molecular formula is C34H36O5. The first kappa shape index (κ1) is 27.3. The Morgan fingerprint density at radius 1 is 0.487 bits per heavy atom. The molecule has 0 bridgehead atoms. The van der Waals surface area contributed by atoms with Crippen molar-refractivity contribution in [3.63, 3.8) is 0 Å². The van der Waals surface area contributed by atoms with Gasteiger partial charge in [0.2, 0.25) is 0 Å². The maximum atomic E-state index is 6.58. The molecule has 1 aliphatic rings. The lowest BCUT2D eigenvalue weighted by molar-refractivity contribution is -0.246. The molecule has 1 fully saturated rings. The van der Waals surface area contributed by atoms with Crippen LogP contribution < -0.4 is 0 Å². The normalized spacial score (nSPS) is 21.0. The van der Waals surface area contributed by atoms with Crippen molar-refractivity contribution in [3.05, 3.63) is 144 Å². The molecule has 5 nitrogen and oxygen atoms in total. The van der Waals surface area contributed by atoms with Gasteiger partial charge in [-0.05, 0) is 22.3 Å². The Hall–Kier alpha value is -3.32. The van der Waals surface area contributed by atoms with Gasteiger partial charge in [-0.3, -0.25) is 0 Å². The van der Waals surface area contributed by atoms with E-state index in [1.165, 1.54) is 0 Å². The van der Waals surface area contributed by atoms with Crippen molar-refractivity contribution in [3.8, 4) is 0 Å². The second-order valence-corrected chi connectivity index (χ2v) is 9.73. The summed E-state index contributed by atoms with van der Waals surface area (Å²) >= 11 is 0. The molecule has 1 saturated heterocycles. The first-order chi connectivity index (χ1) is 19.3. The van der Waals surface area contributed by atoms with Crippen LogP contribution >= 0.6 is 0 Å². The molecule has 0 N–H and O–H groups in total. The van der Waals surface area contributed by atoms with Gasteiger partial charge < -0.3 is 23.7 Å². The molecule has 0 aliphatic carbocycles. The SMILES string of the molecule is c1ccc(COCC2OCC(OCc3ccccc3)[C@H](OCc3ccccc3)[C@@H]2OCc2ccccc2)cc1. The van der Waals surface area contributed by atoms with Crippen LogP contribution in [-0.2, 0) is 50.1 Å². The van der Waals surface area contributed by atoms with Crippen molar-refractivity contribution in [2.45, 2.75) is 50.8 Å². The van der Waals surface area contributed by atoms with Crippen molar-refractivity contribution in [1.82, 2.24) is 0 Å². The predicted molar refractivity (Wildman–Crippen MR) is 151 cm³/mol. The highest BCUT2D eigenvalue weighted by Crippen LogP contribution is 2.27. The third-order valence-corrected chi connectivity index (χ3v) is 6.80. The molecule has 39 heavy (non-hydrogen) atoms. The highest BCUT2D eigenvalue weighted by Gasteiger charge is 2.43. The van der Waals surface area contributed by atoms with E-state index in [-0.39, 0.29) is 24.4 Å². The molecule has 0 saturated carbocycles. The van der Waals surface area contributed by atoms with Gasteiger partial charge in [-0.2, -0.15) is 0 Å². The summed E-state index contributed by atoms with van der Waals surface area (Å²) in [6, 6.07) is 40.7. The molecule has 0 spiro atoms. The molecule has 0 radical (unpaired) electrons. The van der Waals surface area contributed by atoms with Crippen LogP contribution in [0.3, 0.4) is 0 Å². The molecule has 1 aliphatic heterocycles.